The minimum Gasteiger partial charge on any atom is -0.490 e. The summed E-state index contributed by atoms with van der Waals surface area (Å²) in [4.78, 5) is 18.6. The molecule has 2 aromatic carbocycles. The van der Waals surface area contributed by atoms with Crippen molar-refractivity contribution in [3.63, 3.8) is 0 Å². The molecule has 1 amide bonds. The first-order valence-electron chi connectivity index (χ1n) is 10.5. The molecule has 0 saturated heterocycles. The number of amides is 1. The smallest absolute Gasteiger partial charge is 0.265 e. The van der Waals surface area contributed by atoms with Gasteiger partial charge in [0.05, 0.1) is 18.9 Å². The third kappa shape index (κ3) is 4.19. The molecule has 31 heavy (non-hydrogen) atoms. The van der Waals surface area contributed by atoms with Gasteiger partial charge in [-0.1, -0.05) is 12.1 Å². The lowest BCUT2D eigenvalue weighted by molar-refractivity contribution is -0.121. The van der Waals surface area contributed by atoms with Gasteiger partial charge in [0.15, 0.2) is 18.1 Å². The van der Waals surface area contributed by atoms with Gasteiger partial charge in [0.25, 0.3) is 11.8 Å². The van der Waals surface area contributed by atoms with Gasteiger partial charge in [-0.25, -0.2) is 0 Å². The number of carbonyl (C=O) groups excluding carboxylic acids is 1. The second kappa shape index (κ2) is 9.07. The summed E-state index contributed by atoms with van der Waals surface area (Å²) < 4.78 is 22.4. The van der Waals surface area contributed by atoms with Crippen molar-refractivity contribution in [1.82, 2.24) is 10.1 Å². The number of anilines is 1. The van der Waals surface area contributed by atoms with E-state index >= 15 is 0 Å². The minimum absolute atomic E-state index is 0.0542. The number of hydrogen-bond acceptors (Lipinski definition) is 7. The average molecular weight is 423 g/mol. The molecule has 0 bridgehead atoms. The van der Waals surface area contributed by atoms with Gasteiger partial charge in [0.1, 0.15) is 5.75 Å². The molecule has 0 N–H and O–H groups in total. The van der Waals surface area contributed by atoms with Crippen molar-refractivity contribution in [3.05, 3.63) is 36.4 Å². The lowest BCUT2D eigenvalue weighted by atomic mass is 10.1. The molecule has 0 radical (unpaired) electrons. The molecule has 0 spiro atoms. The molecule has 0 atom stereocenters. The van der Waals surface area contributed by atoms with Gasteiger partial charge in [-0.15, -0.1) is 0 Å². The molecule has 4 rings (SSSR count). The number of fused-ring (bicyclic) bond motifs is 1. The van der Waals surface area contributed by atoms with E-state index in [0.717, 1.165) is 23.2 Å². The van der Waals surface area contributed by atoms with E-state index in [1.807, 2.05) is 57.2 Å². The quantitative estimate of drug-likeness (QED) is 0.533. The first-order chi connectivity index (χ1) is 15.1. The Morgan fingerprint density at radius 3 is 2.55 bits per heavy atom. The van der Waals surface area contributed by atoms with Gasteiger partial charge in [-0.3, -0.25) is 4.79 Å². The summed E-state index contributed by atoms with van der Waals surface area (Å²) in [5, 5.41) is 4.13. The van der Waals surface area contributed by atoms with Gasteiger partial charge in [-0.2, -0.15) is 4.98 Å². The number of ether oxygens (including phenoxy) is 3. The average Bonchev–Trinajstić information content (AvgIpc) is 3.27. The van der Waals surface area contributed by atoms with E-state index in [-0.39, 0.29) is 12.5 Å². The van der Waals surface area contributed by atoms with Crippen molar-refractivity contribution in [1.29, 1.82) is 0 Å². The Morgan fingerprint density at radius 2 is 1.77 bits per heavy atom. The Kier molecular flexibility index (Phi) is 6.06. The lowest BCUT2D eigenvalue weighted by Gasteiger charge is -2.29. The van der Waals surface area contributed by atoms with Crippen molar-refractivity contribution >= 4 is 11.6 Å². The Balaban J connectivity index is 1.65. The standard InChI is InChI=1S/C23H25N3O5/c1-4-11-26-17-12-15(7-9-18(17)30-14-21(26)27)22-24-23(31-25-22)16-8-10-19(28-5-2)20(13-16)29-6-3/h7-10,12-13H,4-6,11,14H2,1-3H3. The number of benzene rings is 2. The van der Waals surface area contributed by atoms with Crippen LogP contribution in [0, 0.1) is 0 Å². The molecule has 8 heteroatoms. The highest BCUT2D eigenvalue weighted by Gasteiger charge is 2.26. The number of hydrogen-bond donors (Lipinski definition) is 0. The van der Waals surface area contributed by atoms with E-state index in [2.05, 4.69) is 10.1 Å². The first-order valence-corrected chi connectivity index (χ1v) is 10.5. The molecule has 162 valence electrons. The highest BCUT2D eigenvalue weighted by atomic mass is 16.5. The van der Waals surface area contributed by atoms with Gasteiger partial charge >= 0.3 is 0 Å². The van der Waals surface area contributed by atoms with Crippen LogP contribution in [0.3, 0.4) is 0 Å². The summed E-state index contributed by atoms with van der Waals surface area (Å²) in [6.07, 6.45) is 0.849. The van der Waals surface area contributed by atoms with Crippen LogP contribution in [0.1, 0.15) is 27.2 Å². The highest BCUT2D eigenvalue weighted by Crippen LogP contribution is 2.37. The Labute approximate surface area is 180 Å². The summed E-state index contributed by atoms with van der Waals surface area (Å²) in [5.74, 6) is 2.71. The third-order valence-corrected chi connectivity index (χ3v) is 4.82. The van der Waals surface area contributed by atoms with E-state index in [1.165, 1.54) is 0 Å². The van der Waals surface area contributed by atoms with Crippen LogP contribution in [0.25, 0.3) is 22.8 Å². The van der Waals surface area contributed by atoms with Gasteiger partial charge in [0.2, 0.25) is 5.82 Å². The Bertz CT molecular complexity index is 1080. The number of nitrogens with zero attached hydrogens (tertiary/aromatic N) is 3. The fraction of sp³-hybridized carbons (Fsp3) is 0.348. The van der Waals surface area contributed by atoms with E-state index in [0.29, 0.717) is 48.7 Å². The molecule has 0 fully saturated rings. The number of rotatable bonds is 8. The van der Waals surface area contributed by atoms with Crippen LogP contribution in [0.4, 0.5) is 5.69 Å². The molecular weight excluding hydrogens is 398 g/mol. The van der Waals surface area contributed by atoms with Crippen LogP contribution in [0.2, 0.25) is 0 Å². The zero-order valence-electron chi connectivity index (χ0n) is 17.9. The Morgan fingerprint density at radius 1 is 1.00 bits per heavy atom. The molecule has 1 aliphatic rings. The number of carbonyl (C=O) groups is 1. The fourth-order valence-electron chi connectivity index (χ4n) is 3.45. The molecule has 0 aliphatic carbocycles. The van der Waals surface area contributed by atoms with Crippen LogP contribution in [0.5, 0.6) is 17.2 Å². The lowest BCUT2D eigenvalue weighted by Crippen LogP contribution is -2.39. The molecule has 1 aliphatic heterocycles. The van der Waals surface area contributed by atoms with Crippen molar-refractivity contribution in [2.45, 2.75) is 27.2 Å². The van der Waals surface area contributed by atoms with E-state index in [1.54, 1.807) is 4.90 Å². The predicted molar refractivity (Wildman–Crippen MR) is 116 cm³/mol. The third-order valence-electron chi connectivity index (χ3n) is 4.82. The second-order valence-corrected chi connectivity index (χ2v) is 6.97. The molecular formula is C23H25N3O5. The first kappa shape index (κ1) is 20.7. The van der Waals surface area contributed by atoms with Crippen LogP contribution in [-0.4, -0.2) is 42.4 Å². The zero-order chi connectivity index (χ0) is 21.8. The molecule has 2 heterocycles. The van der Waals surface area contributed by atoms with E-state index in [4.69, 9.17) is 18.7 Å². The van der Waals surface area contributed by atoms with Crippen LogP contribution >= 0.6 is 0 Å². The summed E-state index contributed by atoms with van der Waals surface area (Å²) >= 11 is 0. The maximum atomic E-state index is 12.3. The normalized spacial score (nSPS) is 13.0. The molecule has 8 nitrogen and oxygen atoms in total. The molecule has 1 aromatic heterocycles. The van der Waals surface area contributed by atoms with Crippen LogP contribution in [0.15, 0.2) is 40.9 Å². The largest absolute Gasteiger partial charge is 0.490 e. The molecule has 0 saturated carbocycles. The van der Waals surface area contributed by atoms with Gasteiger partial charge in [-0.05, 0) is 56.7 Å². The van der Waals surface area contributed by atoms with Crippen LogP contribution in [-0.2, 0) is 4.79 Å². The monoisotopic (exact) mass is 423 g/mol. The topological polar surface area (TPSA) is 86.9 Å². The second-order valence-electron chi connectivity index (χ2n) is 6.97. The summed E-state index contributed by atoms with van der Waals surface area (Å²) in [7, 11) is 0. The van der Waals surface area contributed by atoms with E-state index < -0.39 is 0 Å². The van der Waals surface area contributed by atoms with Crippen molar-refractivity contribution in [2.24, 2.45) is 0 Å². The van der Waals surface area contributed by atoms with Gasteiger partial charge in [0, 0.05) is 17.7 Å². The SMILES string of the molecule is CCCN1C(=O)COc2ccc(-c3noc(-c4ccc(OCC)c(OCC)c4)n3)cc21. The predicted octanol–water partition coefficient (Wildman–Crippen LogP) is 4.34. The van der Waals surface area contributed by atoms with Crippen LogP contribution < -0.4 is 19.1 Å². The summed E-state index contributed by atoms with van der Waals surface area (Å²) in [6.45, 7) is 7.62. The molecule has 3 aromatic rings. The van der Waals surface area contributed by atoms with Crippen molar-refractivity contribution < 1.29 is 23.5 Å². The fourth-order valence-corrected chi connectivity index (χ4v) is 3.45. The highest BCUT2D eigenvalue weighted by molar-refractivity contribution is 5.98. The maximum Gasteiger partial charge on any atom is 0.265 e. The maximum absolute atomic E-state index is 12.3. The van der Waals surface area contributed by atoms with Gasteiger partial charge < -0.3 is 23.6 Å². The zero-order valence-corrected chi connectivity index (χ0v) is 17.9. The summed E-state index contributed by atoms with van der Waals surface area (Å²) in [6, 6.07) is 11.1. The summed E-state index contributed by atoms with van der Waals surface area (Å²) in [5.41, 5.74) is 2.19. The minimum atomic E-state index is -0.0573. The molecule has 0 unspecified atom stereocenters. The Hall–Kier alpha value is -3.55. The van der Waals surface area contributed by atoms with Crippen molar-refractivity contribution in [3.8, 4) is 40.1 Å². The van der Waals surface area contributed by atoms with Crippen molar-refractivity contribution in [2.75, 3.05) is 31.3 Å². The number of aromatic nitrogens is 2. The van der Waals surface area contributed by atoms with E-state index in [9.17, 15) is 4.79 Å².